The third-order valence-corrected chi connectivity index (χ3v) is 7.95. The van der Waals surface area contributed by atoms with Crippen LogP contribution in [-0.4, -0.2) is 57.2 Å². The van der Waals surface area contributed by atoms with Gasteiger partial charge in [0, 0.05) is 29.6 Å². The van der Waals surface area contributed by atoms with Gasteiger partial charge in [-0.25, -0.2) is 9.97 Å². The maximum atomic E-state index is 13.8. The summed E-state index contributed by atoms with van der Waals surface area (Å²) >= 11 is 6.32. The molecule has 6 heterocycles. The molecule has 0 fully saturated rings. The number of aryl methyl sites for hydroxylation is 1. The number of nitrogens with zero attached hydrogens (tertiary/aromatic N) is 9. The lowest BCUT2D eigenvalue weighted by molar-refractivity contribution is -0.119. The van der Waals surface area contributed by atoms with Crippen molar-refractivity contribution in [1.82, 2.24) is 44.5 Å². The van der Waals surface area contributed by atoms with E-state index in [0.717, 1.165) is 0 Å². The number of halogens is 1. The average Bonchev–Trinajstić information content (AvgIpc) is 3.77. The molecule has 1 aromatic carbocycles. The largest absolute Gasteiger partial charge is 0.451 e. The predicted octanol–water partition coefficient (Wildman–Crippen LogP) is 3.41. The highest BCUT2D eigenvalue weighted by Gasteiger charge is 2.30. The minimum absolute atomic E-state index is 0.000503. The van der Waals surface area contributed by atoms with Crippen molar-refractivity contribution < 1.29 is 14.3 Å². The van der Waals surface area contributed by atoms with Crippen LogP contribution in [0.3, 0.4) is 0 Å². The number of pyridine rings is 1. The maximum absolute atomic E-state index is 13.8. The predicted molar refractivity (Wildman–Crippen MR) is 154 cm³/mol. The smallest absolute Gasteiger partial charge is 0.261 e. The minimum atomic E-state index is -0.507. The molecule has 2 aliphatic heterocycles. The summed E-state index contributed by atoms with van der Waals surface area (Å²) in [7, 11) is 1.78. The molecule has 0 radical (unpaired) electrons. The van der Waals surface area contributed by atoms with Crippen LogP contribution in [0.1, 0.15) is 37.9 Å². The van der Waals surface area contributed by atoms with Crippen molar-refractivity contribution in [3.63, 3.8) is 0 Å². The van der Waals surface area contributed by atoms with Crippen LogP contribution in [0.25, 0.3) is 28.2 Å². The van der Waals surface area contributed by atoms with Gasteiger partial charge in [0.1, 0.15) is 6.33 Å². The van der Waals surface area contributed by atoms with E-state index in [1.54, 1.807) is 40.7 Å². The summed E-state index contributed by atoms with van der Waals surface area (Å²) in [5, 5.41) is 19.3. The fourth-order valence-corrected chi connectivity index (χ4v) is 5.69. The van der Waals surface area contributed by atoms with Crippen LogP contribution >= 0.6 is 11.6 Å². The van der Waals surface area contributed by atoms with E-state index in [0.29, 0.717) is 75.5 Å². The minimum Gasteiger partial charge on any atom is -0.451 e. The Morgan fingerprint density at radius 1 is 1.07 bits per heavy atom. The van der Waals surface area contributed by atoms with Crippen LogP contribution in [0.15, 0.2) is 54.0 Å². The van der Waals surface area contributed by atoms with E-state index in [1.165, 1.54) is 23.4 Å². The zero-order chi connectivity index (χ0) is 29.7. The van der Waals surface area contributed by atoms with E-state index in [2.05, 4.69) is 30.9 Å². The average molecular weight is 601 g/mol. The summed E-state index contributed by atoms with van der Waals surface area (Å²) in [5.41, 5.74) is 3.76. The lowest BCUT2D eigenvalue weighted by atomic mass is 9.96. The van der Waals surface area contributed by atoms with E-state index >= 15 is 0 Å². The molecule has 218 valence electrons. The SMILES string of the molecule is C[C@@H]1CCC[C@H](n2cnc(-c3cc(Cl)ccc3-n3cnnn3)cc2=O)c2cc(c3c(n2)OCO3)-c2c(cnn2C)NC1=O. The Kier molecular flexibility index (Phi) is 6.61. The number of hydrogen-bond acceptors (Lipinski definition) is 10. The van der Waals surface area contributed by atoms with Gasteiger partial charge < -0.3 is 14.8 Å². The van der Waals surface area contributed by atoms with Crippen LogP contribution in [0.2, 0.25) is 5.02 Å². The zero-order valence-electron chi connectivity index (χ0n) is 23.1. The van der Waals surface area contributed by atoms with E-state index in [4.69, 9.17) is 26.1 Å². The van der Waals surface area contributed by atoms with Gasteiger partial charge in [0.2, 0.25) is 12.7 Å². The first-order valence-corrected chi connectivity index (χ1v) is 14.0. The van der Waals surface area contributed by atoms with E-state index in [-0.39, 0.29) is 24.2 Å². The summed E-state index contributed by atoms with van der Waals surface area (Å²) in [6, 6.07) is 8.00. The molecule has 2 atom stereocenters. The summed E-state index contributed by atoms with van der Waals surface area (Å²) in [6.07, 6.45) is 6.35. The van der Waals surface area contributed by atoms with Crippen molar-refractivity contribution in [2.24, 2.45) is 13.0 Å². The standard InChI is InChI=1S/C28H25ClN10O4/c1-15-4-3-5-23(20-9-18(26-28(34-20)43-14-42-26)25-21(33-27(15)41)11-32-37(25)2)38-12-30-19(10-24(38)40)17-8-16(29)6-7-22(17)39-13-31-35-36-39/h6-13,15,23H,3-5,14H2,1-2H3,(H,33,41)/t15-,23+/m1/s1. The van der Waals surface area contributed by atoms with Gasteiger partial charge in [-0.15, -0.1) is 5.10 Å². The molecule has 5 aromatic rings. The molecule has 2 aliphatic rings. The van der Waals surface area contributed by atoms with Gasteiger partial charge in [0.25, 0.3) is 11.4 Å². The molecule has 0 saturated heterocycles. The molecule has 7 rings (SSSR count). The van der Waals surface area contributed by atoms with Gasteiger partial charge in [-0.2, -0.15) is 9.78 Å². The van der Waals surface area contributed by atoms with E-state index in [9.17, 15) is 9.59 Å². The molecule has 4 aromatic heterocycles. The molecule has 0 unspecified atom stereocenters. The number of nitrogens with one attached hydrogen (secondary N) is 1. The Labute approximate surface area is 249 Å². The number of rotatable bonds is 3. The summed E-state index contributed by atoms with van der Waals surface area (Å²) in [6.45, 7) is 1.88. The Balaban J connectivity index is 1.37. The molecule has 15 heteroatoms. The lowest BCUT2D eigenvalue weighted by Crippen LogP contribution is -2.27. The highest BCUT2D eigenvalue weighted by molar-refractivity contribution is 6.31. The van der Waals surface area contributed by atoms with Crippen molar-refractivity contribution in [3.8, 4) is 39.8 Å². The number of hydrogen-bond donors (Lipinski definition) is 1. The summed E-state index contributed by atoms with van der Waals surface area (Å²) in [4.78, 5) is 36.3. The van der Waals surface area contributed by atoms with Crippen molar-refractivity contribution in [2.75, 3.05) is 12.1 Å². The second-order valence-corrected chi connectivity index (χ2v) is 10.9. The van der Waals surface area contributed by atoms with Crippen molar-refractivity contribution >= 4 is 23.2 Å². The zero-order valence-corrected chi connectivity index (χ0v) is 23.9. The van der Waals surface area contributed by atoms with E-state index < -0.39 is 6.04 Å². The molecule has 1 amide bonds. The molecular formula is C28H25ClN10O4. The number of carbonyl (C=O) groups is 1. The fraction of sp³-hybridized carbons (Fsp3) is 0.286. The summed E-state index contributed by atoms with van der Waals surface area (Å²) in [5.74, 6) is 0.375. The van der Waals surface area contributed by atoms with Gasteiger partial charge in [-0.1, -0.05) is 24.9 Å². The molecule has 0 saturated carbocycles. The topological polar surface area (TPSA) is 157 Å². The Morgan fingerprint density at radius 3 is 2.77 bits per heavy atom. The van der Waals surface area contributed by atoms with Gasteiger partial charge in [0.05, 0.1) is 52.6 Å². The van der Waals surface area contributed by atoms with Gasteiger partial charge >= 0.3 is 0 Å². The van der Waals surface area contributed by atoms with Crippen LogP contribution in [0.4, 0.5) is 5.69 Å². The van der Waals surface area contributed by atoms with Crippen LogP contribution in [0.5, 0.6) is 11.6 Å². The first kappa shape index (κ1) is 26.8. The summed E-state index contributed by atoms with van der Waals surface area (Å²) < 4.78 is 16.2. The molecule has 0 aliphatic carbocycles. The lowest BCUT2D eigenvalue weighted by Gasteiger charge is -2.23. The van der Waals surface area contributed by atoms with Crippen molar-refractivity contribution in [2.45, 2.75) is 32.2 Å². The normalized spacial score (nSPS) is 18.0. The number of aromatic nitrogens is 9. The maximum Gasteiger partial charge on any atom is 0.261 e. The number of tetrazole rings is 1. The van der Waals surface area contributed by atoms with Crippen LogP contribution < -0.4 is 20.3 Å². The Morgan fingerprint density at radius 2 is 1.95 bits per heavy atom. The molecule has 2 bridgehead atoms. The van der Waals surface area contributed by atoms with Gasteiger partial charge in [-0.05, 0) is 47.5 Å². The first-order valence-electron chi connectivity index (χ1n) is 13.6. The molecule has 14 nitrogen and oxygen atoms in total. The first-order chi connectivity index (χ1) is 20.9. The molecule has 0 spiro atoms. The Hall–Kier alpha value is -5.11. The van der Waals surface area contributed by atoms with Gasteiger partial charge in [0.15, 0.2) is 5.75 Å². The van der Waals surface area contributed by atoms with Crippen LogP contribution in [0, 0.1) is 5.92 Å². The number of benzene rings is 1. The fourth-order valence-electron chi connectivity index (χ4n) is 5.52. The third kappa shape index (κ3) is 4.78. The number of amides is 1. The molecule has 1 N–H and O–H groups in total. The number of ether oxygens (including phenoxy) is 2. The highest BCUT2D eigenvalue weighted by Crippen LogP contribution is 2.44. The second kappa shape index (κ2) is 10.6. The van der Waals surface area contributed by atoms with E-state index in [1.807, 2.05) is 13.0 Å². The number of carbonyl (C=O) groups excluding carboxylic acids is 1. The Bertz CT molecular complexity index is 1920. The second-order valence-electron chi connectivity index (χ2n) is 10.4. The monoisotopic (exact) mass is 600 g/mol. The number of fused-ring (bicyclic) bond motifs is 6. The van der Waals surface area contributed by atoms with Crippen LogP contribution in [-0.2, 0) is 11.8 Å². The third-order valence-electron chi connectivity index (χ3n) is 7.72. The van der Waals surface area contributed by atoms with Gasteiger partial charge in [-0.3, -0.25) is 18.8 Å². The highest BCUT2D eigenvalue weighted by atomic mass is 35.5. The molecule has 43 heavy (non-hydrogen) atoms. The van der Waals surface area contributed by atoms with Crippen molar-refractivity contribution in [1.29, 1.82) is 0 Å². The quantitative estimate of drug-likeness (QED) is 0.325. The molecular weight excluding hydrogens is 576 g/mol. The van der Waals surface area contributed by atoms with Crippen molar-refractivity contribution in [3.05, 3.63) is 70.3 Å². The number of anilines is 1.